The van der Waals surface area contributed by atoms with E-state index in [1.54, 1.807) is 20.9 Å². The Kier molecular flexibility index (Phi) is 5.55. The number of benzene rings is 2. The van der Waals surface area contributed by atoms with E-state index in [1.165, 1.54) is 4.90 Å². The van der Waals surface area contributed by atoms with E-state index >= 15 is 0 Å². The molecule has 0 spiro atoms. The highest BCUT2D eigenvalue weighted by Gasteiger charge is 2.39. The van der Waals surface area contributed by atoms with Crippen molar-refractivity contribution < 1.29 is 9.59 Å². The van der Waals surface area contributed by atoms with Gasteiger partial charge in [0, 0.05) is 18.4 Å². The molecule has 0 saturated heterocycles. The monoisotopic (exact) mass is 352 g/mol. The summed E-state index contributed by atoms with van der Waals surface area (Å²) in [6, 6.07) is 17.0. The van der Waals surface area contributed by atoms with Crippen molar-refractivity contribution in [3.8, 4) is 0 Å². The summed E-state index contributed by atoms with van der Waals surface area (Å²) < 4.78 is 0. The molecular formula is C22H28N2O2. The van der Waals surface area contributed by atoms with Crippen LogP contribution in [0.3, 0.4) is 0 Å². The SMILES string of the molecule is CN(C(=O)C(C)(C)C(=O)Nc1ccccc1C(C)(C)C)c1ccccc1. The average Bonchev–Trinajstić information content (AvgIpc) is 2.60. The fourth-order valence-electron chi connectivity index (χ4n) is 2.81. The maximum atomic E-state index is 12.9. The molecule has 0 aromatic heterocycles. The first-order valence-electron chi connectivity index (χ1n) is 8.79. The molecule has 4 heteroatoms. The Balaban J connectivity index is 2.25. The Bertz CT molecular complexity index is 789. The lowest BCUT2D eigenvalue weighted by Gasteiger charge is -2.30. The second kappa shape index (κ2) is 7.32. The Hall–Kier alpha value is -2.62. The van der Waals surface area contributed by atoms with Gasteiger partial charge in [-0.15, -0.1) is 0 Å². The molecule has 2 aromatic rings. The van der Waals surface area contributed by atoms with Crippen LogP contribution in [0.5, 0.6) is 0 Å². The van der Waals surface area contributed by atoms with Crippen molar-refractivity contribution in [2.24, 2.45) is 5.41 Å². The van der Waals surface area contributed by atoms with Crippen molar-refractivity contribution in [3.05, 3.63) is 60.2 Å². The fourth-order valence-corrected chi connectivity index (χ4v) is 2.81. The number of anilines is 2. The van der Waals surface area contributed by atoms with Gasteiger partial charge < -0.3 is 10.2 Å². The van der Waals surface area contributed by atoms with E-state index < -0.39 is 5.41 Å². The summed E-state index contributed by atoms with van der Waals surface area (Å²) in [6.07, 6.45) is 0. The van der Waals surface area contributed by atoms with E-state index in [-0.39, 0.29) is 17.2 Å². The molecule has 0 aliphatic heterocycles. The van der Waals surface area contributed by atoms with Crippen molar-refractivity contribution in [1.82, 2.24) is 0 Å². The Morgan fingerprint density at radius 2 is 1.38 bits per heavy atom. The summed E-state index contributed by atoms with van der Waals surface area (Å²) in [5.74, 6) is -0.573. The van der Waals surface area contributed by atoms with Crippen molar-refractivity contribution in [2.45, 2.75) is 40.0 Å². The van der Waals surface area contributed by atoms with Crippen LogP contribution in [0.1, 0.15) is 40.2 Å². The normalized spacial score (nSPS) is 11.8. The first-order valence-corrected chi connectivity index (χ1v) is 8.79. The number of para-hydroxylation sites is 2. The number of amides is 2. The second-order valence-electron chi connectivity index (χ2n) is 8.07. The third-order valence-electron chi connectivity index (χ3n) is 4.53. The van der Waals surface area contributed by atoms with Gasteiger partial charge in [-0.3, -0.25) is 9.59 Å². The van der Waals surface area contributed by atoms with Gasteiger partial charge in [0.1, 0.15) is 5.41 Å². The second-order valence-corrected chi connectivity index (χ2v) is 8.07. The quantitative estimate of drug-likeness (QED) is 0.817. The average molecular weight is 352 g/mol. The molecule has 1 N–H and O–H groups in total. The summed E-state index contributed by atoms with van der Waals surface area (Å²) in [5.41, 5.74) is 1.23. The zero-order valence-corrected chi connectivity index (χ0v) is 16.5. The molecule has 2 amide bonds. The summed E-state index contributed by atoms with van der Waals surface area (Å²) in [7, 11) is 1.69. The van der Waals surface area contributed by atoms with Gasteiger partial charge in [-0.05, 0) is 43.0 Å². The minimum atomic E-state index is -1.20. The lowest BCUT2D eigenvalue weighted by atomic mass is 9.85. The number of hydrogen-bond acceptors (Lipinski definition) is 2. The molecule has 4 nitrogen and oxygen atoms in total. The third-order valence-corrected chi connectivity index (χ3v) is 4.53. The van der Waals surface area contributed by atoms with Crippen LogP contribution in [0, 0.1) is 5.41 Å². The zero-order chi connectivity index (χ0) is 19.5. The molecule has 0 fully saturated rings. The smallest absolute Gasteiger partial charge is 0.241 e. The van der Waals surface area contributed by atoms with E-state index in [1.807, 2.05) is 54.6 Å². The van der Waals surface area contributed by atoms with Crippen LogP contribution in [0.15, 0.2) is 54.6 Å². The predicted molar refractivity (Wildman–Crippen MR) is 107 cm³/mol. The van der Waals surface area contributed by atoms with Gasteiger partial charge in [0.05, 0.1) is 0 Å². The van der Waals surface area contributed by atoms with Crippen LogP contribution < -0.4 is 10.2 Å². The van der Waals surface area contributed by atoms with Gasteiger partial charge in [0.2, 0.25) is 11.8 Å². The van der Waals surface area contributed by atoms with E-state index in [2.05, 4.69) is 26.1 Å². The lowest BCUT2D eigenvalue weighted by molar-refractivity contribution is -0.136. The molecule has 0 unspecified atom stereocenters. The highest BCUT2D eigenvalue weighted by atomic mass is 16.2. The predicted octanol–water partition coefficient (Wildman–Crippen LogP) is 4.61. The highest BCUT2D eigenvalue weighted by molar-refractivity contribution is 6.14. The number of rotatable bonds is 4. The number of carbonyl (C=O) groups is 2. The van der Waals surface area contributed by atoms with Gasteiger partial charge in [-0.25, -0.2) is 0 Å². The van der Waals surface area contributed by atoms with Crippen molar-refractivity contribution in [2.75, 3.05) is 17.3 Å². The largest absolute Gasteiger partial charge is 0.325 e. The van der Waals surface area contributed by atoms with Crippen LogP contribution in [0.25, 0.3) is 0 Å². The third kappa shape index (κ3) is 4.13. The number of nitrogens with zero attached hydrogens (tertiary/aromatic N) is 1. The summed E-state index contributed by atoms with van der Waals surface area (Å²) in [6.45, 7) is 9.60. The van der Waals surface area contributed by atoms with E-state index in [9.17, 15) is 9.59 Å². The van der Waals surface area contributed by atoms with Gasteiger partial charge in [0.25, 0.3) is 0 Å². The van der Waals surface area contributed by atoms with Gasteiger partial charge in [-0.2, -0.15) is 0 Å². The summed E-state index contributed by atoms with van der Waals surface area (Å²) in [4.78, 5) is 27.4. The Morgan fingerprint density at radius 1 is 0.846 bits per heavy atom. The number of carbonyl (C=O) groups excluding carboxylic acids is 2. The molecule has 0 aliphatic carbocycles. The molecule has 0 bridgehead atoms. The molecule has 0 radical (unpaired) electrons. The maximum Gasteiger partial charge on any atom is 0.241 e. The van der Waals surface area contributed by atoms with Crippen LogP contribution in [-0.2, 0) is 15.0 Å². The topological polar surface area (TPSA) is 49.4 Å². The summed E-state index contributed by atoms with van der Waals surface area (Å²) >= 11 is 0. The summed E-state index contributed by atoms with van der Waals surface area (Å²) in [5, 5.41) is 2.96. The Labute approximate surface area is 156 Å². The molecule has 26 heavy (non-hydrogen) atoms. The molecule has 0 heterocycles. The first kappa shape index (κ1) is 19.7. The van der Waals surface area contributed by atoms with E-state index in [4.69, 9.17) is 0 Å². The fraction of sp³-hybridized carbons (Fsp3) is 0.364. The molecule has 2 rings (SSSR count). The minimum absolute atomic E-state index is 0.112. The van der Waals surface area contributed by atoms with Crippen molar-refractivity contribution in [3.63, 3.8) is 0 Å². The highest BCUT2D eigenvalue weighted by Crippen LogP contribution is 2.31. The maximum absolute atomic E-state index is 12.9. The molecule has 0 saturated carbocycles. The van der Waals surface area contributed by atoms with Crippen LogP contribution in [-0.4, -0.2) is 18.9 Å². The molecule has 0 aliphatic rings. The lowest BCUT2D eigenvalue weighted by Crippen LogP contribution is -2.46. The standard InChI is InChI=1S/C22H28N2O2/c1-21(2,3)17-14-10-11-15-18(17)23-19(25)22(4,5)20(26)24(6)16-12-8-7-9-13-16/h7-15H,1-6H3,(H,23,25). The van der Waals surface area contributed by atoms with Gasteiger partial charge in [-0.1, -0.05) is 57.2 Å². The molecule has 2 aromatic carbocycles. The molecular weight excluding hydrogens is 324 g/mol. The van der Waals surface area contributed by atoms with E-state index in [0.29, 0.717) is 0 Å². The number of hydrogen-bond donors (Lipinski definition) is 1. The number of nitrogens with one attached hydrogen (secondary N) is 1. The van der Waals surface area contributed by atoms with Crippen LogP contribution >= 0.6 is 0 Å². The van der Waals surface area contributed by atoms with Gasteiger partial charge >= 0.3 is 0 Å². The first-order chi connectivity index (χ1) is 12.0. The molecule has 0 atom stereocenters. The Morgan fingerprint density at radius 3 is 1.96 bits per heavy atom. The molecule has 138 valence electrons. The minimum Gasteiger partial charge on any atom is -0.325 e. The van der Waals surface area contributed by atoms with Crippen molar-refractivity contribution in [1.29, 1.82) is 0 Å². The van der Waals surface area contributed by atoms with Crippen LogP contribution in [0.4, 0.5) is 11.4 Å². The zero-order valence-electron chi connectivity index (χ0n) is 16.5. The van der Waals surface area contributed by atoms with Crippen molar-refractivity contribution >= 4 is 23.2 Å². The van der Waals surface area contributed by atoms with Crippen LogP contribution in [0.2, 0.25) is 0 Å². The van der Waals surface area contributed by atoms with Gasteiger partial charge in [0.15, 0.2) is 0 Å². The van der Waals surface area contributed by atoms with E-state index in [0.717, 1.165) is 16.9 Å².